The van der Waals surface area contributed by atoms with Gasteiger partial charge in [0.15, 0.2) is 18.1 Å². The number of hydrogen-bond acceptors (Lipinski definition) is 6. The van der Waals surface area contributed by atoms with Gasteiger partial charge in [-0.2, -0.15) is 5.10 Å². The summed E-state index contributed by atoms with van der Waals surface area (Å²) in [5, 5.41) is 7.75. The maximum atomic E-state index is 12.7. The van der Waals surface area contributed by atoms with E-state index in [0.29, 0.717) is 57.3 Å². The van der Waals surface area contributed by atoms with Crippen LogP contribution in [0.25, 0.3) is 0 Å². The van der Waals surface area contributed by atoms with Crippen LogP contribution in [0.4, 0.5) is 5.69 Å². The number of hydrogen-bond donors (Lipinski definition) is 2. The molecule has 0 spiro atoms. The summed E-state index contributed by atoms with van der Waals surface area (Å²) in [6, 6.07) is 15.0. The van der Waals surface area contributed by atoms with Gasteiger partial charge in [0.2, 0.25) is 0 Å². The molecule has 38 heavy (non-hydrogen) atoms. The number of nitrogens with one attached hydrogen (secondary N) is 2. The van der Waals surface area contributed by atoms with Gasteiger partial charge in [0.1, 0.15) is 5.75 Å². The Balaban J connectivity index is 1.64. The second-order valence-corrected chi connectivity index (χ2v) is 8.97. The topological polar surface area (TPSA) is 98.3 Å². The van der Waals surface area contributed by atoms with Crippen LogP contribution in [0.3, 0.4) is 0 Å². The average molecular weight is 558 g/mol. The fourth-order valence-electron chi connectivity index (χ4n) is 3.24. The Labute approximate surface area is 231 Å². The lowest BCUT2D eigenvalue weighted by Crippen LogP contribution is -2.20. The highest BCUT2D eigenvalue weighted by atomic mass is 35.5. The second kappa shape index (κ2) is 14.3. The van der Waals surface area contributed by atoms with Crippen LogP contribution < -0.4 is 25.0 Å². The molecule has 2 N–H and O–H groups in total. The molecular weight excluding hydrogens is 529 g/mol. The number of halogens is 2. The normalized spacial score (nSPS) is 10.8. The van der Waals surface area contributed by atoms with Crippen LogP contribution in [-0.4, -0.2) is 37.8 Å². The Morgan fingerprint density at radius 2 is 1.71 bits per heavy atom. The summed E-state index contributed by atoms with van der Waals surface area (Å²) in [6.07, 6.45) is 2.24. The SMILES string of the molecule is CCCOc1ccc(C(=O)N/N=C/c2cc(Cl)ccc2OCC(=O)Nc2ccc(C)c(Cl)c2)cc1OCC. The van der Waals surface area contributed by atoms with E-state index in [1.165, 1.54) is 6.21 Å². The van der Waals surface area contributed by atoms with Gasteiger partial charge in [-0.25, -0.2) is 5.43 Å². The van der Waals surface area contributed by atoms with Gasteiger partial charge in [-0.05, 0) is 74.4 Å². The fraction of sp³-hybridized carbons (Fsp3) is 0.250. The van der Waals surface area contributed by atoms with Gasteiger partial charge in [0.05, 0.1) is 19.4 Å². The van der Waals surface area contributed by atoms with Crippen molar-refractivity contribution in [3.63, 3.8) is 0 Å². The van der Waals surface area contributed by atoms with Gasteiger partial charge in [-0.3, -0.25) is 9.59 Å². The van der Waals surface area contributed by atoms with E-state index in [2.05, 4.69) is 15.8 Å². The third-order valence-electron chi connectivity index (χ3n) is 5.12. The third-order valence-corrected chi connectivity index (χ3v) is 5.77. The summed E-state index contributed by atoms with van der Waals surface area (Å²) in [5.74, 6) is 0.608. The monoisotopic (exact) mass is 557 g/mol. The largest absolute Gasteiger partial charge is 0.490 e. The molecule has 0 bridgehead atoms. The number of amides is 2. The molecule has 0 unspecified atom stereocenters. The molecule has 0 saturated carbocycles. The maximum absolute atomic E-state index is 12.7. The van der Waals surface area contributed by atoms with Gasteiger partial charge in [-0.1, -0.05) is 36.2 Å². The van der Waals surface area contributed by atoms with Crippen molar-refractivity contribution in [2.75, 3.05) is 25.1 Å². The molecular formula is C28H29Cl2N3O5. The van der Waals surface area contributed by atoms with Gasteiger partial charge >= 0.3 is 0 Å². The minimum Gasteiger partial charge on any atom is -0.490 e. The molecule has 0 aliphatic rings. The van der Waals surface area contributed by atoms with E-state index in [1.807, 2.05) is 26.8 Å². The molecule has 0 aliphatic carbocycles. The highest BCUT2D eigenvalue weighted by molar-refractivity contribution is 6.31. The molecule has 0 saturated heterocycles. The van der Waals surface area contributed by atoms with Crippen LogP contribution in [0.2, 0.25) is 10.0 Å². The second-order valence-electron chi connectivity index (χ2n) is 8.13. The minimum atomic E-state index is -0.440. The van der Waals surface area contributed by atoms with Gasteiger partial charge in [0.25, 0.3) is 11.8 Å². The van der Waals surface area contributed by atoms with E-state index in [9.17, 15) is 9.59 Å². The van der Waals surface area contributed by atoms with Crippen molar-refractivity contribution in [2.24, 2.45) is 5.10 Å². The van der Waals surface area contributed by atoms with Crippen LogP contribution in [0.1, 0.15) is 41.8 Å². The summed E-state index contributed by atoms with van der Waals surface area (Å²) in [7, 11) is 0. The van der Waals surface area contributed by atoms with Crippen molar-refractivity contribution < 1.29 is 23.8 Å². The Hall–Kier alpha value is -3.75. The molecule has 8 nitrogen and oxygen atoms in total. The number of nitrogens with zero attached hydrogens (tertiary/aromatic N) is 1. The molecule has 0 atom stereocenters. The number of carbonyl (C=O) groups excluding carboxylic acids is 2. The quantitative estimate of drug-likeness (QED) is 0.202. The van der Waals surface area contributed by atoms with E-state index in [-0.39, 0.29) is 12.5 Å². The Bertz CT molecular complexity index is 1310. The van der Waals surface area contributed by atoms with Crippen LogP contribution in [0.15, 0.2) is 59.7 Å². The summed E-state index contributed by atoms with van der Waals surface area (Å²) in [4.78, 5) is 25.0. The van der Waals surface area contributed by atoms with Crippen molar-refractivity contribution in [3.8, 4) is 17.2 Å². The Morgan fingerprint density at radius 1 is 0.921 bits per heavy atom. The highest BCUT2D eigenvalue weighted by Crippen LogP contribution is 2.29. The zero-order chi connectivity index (χ0) is 27.5. The molecule has 0 aromatic heterocycles. The Kier molecular flexibility index (Phi) is 10.8. The molecule has 0 radical (unpaired) electrons. The number of hydrazone groups is 1. The molecule has 10 heteroatoms. The van der Waals surface area contributed by atoms with Gasteiger partial charge in [-0.15, -0.1) is 0 Å². The molecule has 0 fully saturated rings. The molecule has 0 aliphatic heterocycles. The molecule has 3 rings (SSSR count). The van der Waals surface area contributed by atoms with E-state index in [0.717, 1.165) is 12.0 Å². The molecule has 3 aromatic carbocycles. The number of ether oxygens (including phenoxy) is 3. The van der Waals surface area contributed by atoms with Crippen LogP contribution in [-0.2, 0) is 4.79 Å². The van der Waals surface area contributed by atoms with Crippen molar-refractivity contribution >= 4 is 46.9 Å². The molecule has 200 valence electrons. The summed E-state index contributed by atoms with van der Waals surface area (Å²) < 4.78 is 17.0. The zero-order valence-corrected chi connectivity index (χ0v) is 22.9. The van der Waals surface area contributed by atoms with Crippen LogP contribution in [0, 0.1) is 6.92 Å². The lowest BCUT2D eigenvalue weighted by molar-refractivity contribution is -0.118. The smallest absolute Gasteiger partial charge is 0.271 e. The van der Waals surface area contributed by atoms with Crippen molar-refractivity contribution in [3.05, 3.63) is 81.3 Å². The zero-order valence-electron chi connectivity index (χ0n) is 21.3. The van der Waals surface area contributed by atoms with Crippen LogP contribution in [0.5, 0.6) is 17.2 Å². The number of anilines is 1. The fourth-order valence-corrected chi connectivity index (χ4v) is 3.60. The number of rotatable bonds is 12. The first-order valence-electron chi connectivity index (χ1n) is 12.0. The van der Waals surface area contributed by atoms with E-state index in [1.54, 1.807) is 48.5 Å². The standard InChI is InChI=1S/C28H29Cl2N3O5/c1-4-12-37-25-10-7-19(14-26(25)36-5-2)28(35)33-31-16-20-13-21(29)8-11-24(20)38-17-27(34)32-22-9-6-18(3)23(30)15-22/h6-11,13-16H,4-5,12,17H2,1-3H3,(H,32,34)(H,33,35)/b31-16+. The van der Waals surface area contributed by atoms with E-state index < -0.39 is 5.91 Å². The molecule has 2 amide bonds. The first-order valence-corrected chi connectivity index (χ1v) is 12.8. The summed E-state index contributed by atoms with van der Waals surface area (Å²) >= 11 is 12.2. The Morgan fingerprint density at radius 3 is 2.45 bits per heavy atom. The van der Waals surface area contributed by atoms with Crippen molar-refractivity contribution in [1.82, 2.24) is 5.43 Å². The molecule has 0 heterocycles. The predicted molar refractivity (Wildman–Crippen MR) is 150 cm³/mol. The van der Waals surface area contributed by atoms with Crippen LogP contribution >= 0.6 is 23.2 Å². The molecule has 3 aromatic rings. The first-order chi connectivity index (χ1) is 18.3. The average Bonchev–Trinajstić information content (AvgIpc) is 2.89. The van der Waals surface area contributed by atoms with E-state index in [4.69, 9.17) is 37.4 Å². The third kappa shape index (κ3) is 8.39. The first kappa shape index (κ1) is 28.8. The number of aryl methyl sites for hydroxylation is 1. The predicted octanol–water partition coefficient (Wildman–Crippen LogP) is 6.27. The van der Waals surface area contributed by atoms with Gasteiger partial charge in [0, 0.05) is 26.9 Å². The summed E-state index contributed by atoms with van der Waals surface area (Å²) in [5.41, 5.74) is 4.77. The van der Waals surface area contributed by atoms with Gasteiger partial charge < -0.3 is 19.5 Å². The maximum Gasteiger partial charge on any atom is 0.271 e. The lowest BCUT2D eigenvalue weighted by atomic mass is 10.2. The van der Waals surface area contributed by atoms with Crippen molar-refractivity contribution in [1.29, 1.82) is 0 Å². The summed E-state index contributed by atoms with van der Waals surface area (Å²) in [6.45, 7) is 6.45. The highest BCUT2D eigenvalue weighted by Gasteiger charge is 2.12. The number of carbonyl (C=O) groups is 2. The van der Waals surface area contributed by atoms with E-state index >= 15 is 0 Å². The number of benzene rings is 3. The van der Waals surface area contributed by atoms with Crippen molar-refractivity contribution in [2.45, 2.75) is 27.2 Å². The minimum absolute atomic E-state index is 0.257. The lowest BCUT2D eigenvalue weighted by Gasteiger charge is -2.12.